The number of carbonyl (C=O) groups is 1. The van der Waals surface area contributed by atoms with E-state index in [2.05, 4.69) is 18.7 Å². The summed E-state index contributed by atoms with van der Waals surface area (Å²) in [5.41, 5.74) is 1.53. The molecule has 0 aliphatic carbocycles. The van der Waals surface area contributed by atoms with E-state index in [-0.39, 0.29) is 5.78 Å². The van der Waals surface area contributed by atoms with E-state index in [0.29, 0.717) is 0 Å². The van der Waals surface area contributed by atoms with Gasteiger partial charge in [0.05, 0.1) is 18.8 Å². The molecule has 0 saturated carbocycles. The molecule has 0 radical (unpaired) electrons. The maximum atomic E-state index is 12.9. The van der Waals surface area contributed by atoms with Crippen LogP contribution in [0, 0.1) is 6.92 Å². The second-order valence-corrected chi connectivity index (χ2v) is 5.43. The Labute approximate surface area is 115 Å². The third-order valence-electron chi connectivity index (χ3n) is 4.17. The number of rotatable bonds is 4. The molecule has 3 heteroatoms. The molecule has 1 aromatic carbocycles. The molecule has 0 bridgehead atoms. The number of benzene rings is 1. The monoisotopic (exact) mass is 261 g/mol. The van der Waals surface area contributed by atoms with Gasteiger partial charge in [-0.3, -0.25) is 9.69 Å². The van der Waals surface area contributed by atoms with Crippen LogP contribution in [0.4, 0.5) is 0 Å². The Morgan fingerprint density at radius 2 is 2.05 bits per heavy atom. The van der Waals surface area contributed by atoms with Crippen LogP contribution < -0.4 is 0 Å². The highest BCUT2D eigenvalue weighted by Gasteiger charge is 2.38. The van der Waals surface area contributed by atoms with Crippen molar-refractivity contribution in [2.75, 3.05) is 26.3 Å². The van der Waals surface area contributed by atoms with Crippen LogP contribution in [-0.2, 0) is 4.74 Å². The van der Waals surface area contributed by atoms with Gasteiger partial charge in [-0.05, 0) is 26.3 Å². The first-order chi connectivity index (χ1) is 9.08. The second-order valence-electron chi connectivity index (χ2n) is 5.43. The van der Waals surface area contributed by atoms with Gasteiger partial charge in [0.25, 0.3) is 0 Å². The molecule has 0 amide bonds. The van der Waals surface area contributed by atoms with E-state index in [0.717, 1.165) is 43.9 Å². The van der Waals surface area contributed by atoms with E-state index >= 15 is 0 Å². The molecule has 1 unspecified atom stereocenters. The average molecular weight is 261 g/mol. The van der Waals surface area contributed by atoms with Crippen LogP contribution in [0.25, 0.3) is 0 Å². The van der Waals surface area contributed by atoms with Crippen LogP contribution in [0.15, 0.2) is 24.3 Å². The first kappa shape index (κ1) is 14.2. The smallest absolute Gasteiger partial charge is 0.182 e. The van der Waals surface area contributed by atoms with Crippen molar-refractivity contribution in [1.82, 2.24) is 4.90 Å². The summed E-state index contributed by atoms with van der Waals surface area (Å²) in [6.45, 7) is 9.28. The predicted octanol–water partition coefficient (Wildman–Crippen LogP) is 2.68. The SMILES string of the molecule is CCC(C)(C(=O)c1cccc(C)c1)N1CCOCC1. The number of hydrogen-bond donors (Lipinski definition) is 0. The van der Waals surface area contributed by atoms with E-state index in [1.807, 2.05) is 31.2 Å². The summed E-state index contributed by atoms with van der Waals surface area (Å²) in [5.74, 6) is 0.223. The highest BCUT2D eigenvalue weighted by molar-refractivity contribution is 6.03. The van der Waals surface area contributed by atoms with E-state index in [1.54, 1.807) is 0 Å². The minimum Gasteiger partial charge on any atom is -0.379 e. The molecule has 1 aliphatic rings. The van der Waals surface area contributed by atoms with Gasteiger partial charge in [-0.25, -0.2) is 0 Å². The fraction of sp³-hybridized carbons (Fsp3) is 0.562. The third-order valence-corrected chi connectivity index (χ3v) is 4.17. The molecule has 1 atom stereocenters. The number of carbonyl (C=O) groups excluding carboxylic acids is 1. The molecule has 1 aromatic rings. The summed E-state index contributed by atoms with van der Waals surface area (Å²) in [5, 5.41) is 0. The normalized spacial score (nSPS) is 19.9. The van der Waals surface area contributed by atoms with Crippen molar-refractivity contribution in [2.45, 2.75) is 32.7 Å². The number of hydrogen-bond acceptors (Lipinski definition) is 3. The van der Waals surface area contributed by atoms with Crippen LogP contribution >= 0.6 is 0 Å². The van der Waals surface area contributed by atoms with Gasteiger partial charge in [0.1, 0.15) is 0 Å². The van der Waals surface area contributed by atoms with E-state index in [9.17, 15) is 4.79 Å². The topological polar surface area (TPSA) is 29.5 Å². The molecule has 1 heterocycles. The Morgan fingerprint density at radius 3 is 2.63 bits per heavy atom. The highest BCUT2D eigenvalue weighted by Crippen LogP contribution is 2.26. The van der Waals surface area contributed by atoms with Gasteiger partial charge in [0.15, 0.2) is 5.78 Å². The van der Waals surface area contributed by atoms with Crippen LogP contribution in [0.5, 0.6) is 0 Å². The summed E-state index contributed by atoms with van der Waals surface area (Å²) in [4.78, 5) is 15.1. The molecule has 2 rings (SSSR count). The maximum absolute atomic E-state index is 12.9. The Bertz CT molecular complexity index is 452. The molecule has 0 spiro atoms. The van der Waals surface area contributed by atoms with Crippen LogP contribution in [0.2, 0.25) is 0 Å². The number of ether oxygens (including phenoxy) is 1. The Morgan fingerprint density at radius 1 is 1.37 bits per heavy atom. The van der Waals surface area contributed by atoms with Crippen molar-refractivity contribution in [2.24, 2.45) is 0 Å². The summed E-state index contributed by atoms with van der Waals surface area (Å²) < 4.78 is 5.39. The summed E-state index contributed by atoms with van der Waals surface area (Å²) in [6.07, 6.45) is 0.819. The minimum atomic E-state index is -0.419. The minimum absolute atomic E-state index is 0.223. The zero-order valence-electron chi connectivity index (χ0n) is 12.1. The lowest BCUT2D eigenvalue weighted by Crippen LogP contribution is -2.56. The van der Waals surface area contributed by atoms with Crippen LogP contribution in [0.3, 0.4) is 0 Å². The maximum Gasteiger partial charge on any atom is 0.182 e. The number of aryl methyl sites for hydroxylation is 1. The standard InChI is InChI=1S/C16H23NO2/c1-4-16(3,17-8-10-19-11-9-17)15(18)14-7-5-6-13(2)12-14/h5-7,12H,4,8-11H2,1-3H3. The number of Topliss-reactive ketones (excluding diaryl/α,β-unsaturated/α-hetero) is 1. The van der Waals surface area contributed by atoms with E-state index in [4.69, 9.17) is 4.74 Å². The molecule has 104 valence electrons. The van der Waals surface area contributed by atoms with Crippen LogP contribution in [-0.4, -0.2) is 42.5 Å². The number of morpholine rings is 1. The molecule has 1 fully saturated rings. The van der Waals surface area contributed by atoms with Crippen molar-refractivity contribution in [3.8, 4) is 0 Å². The molecule has 1 saturated heterocycles. The molecular formula is C16H23NO2. The predicted molar refractivity (Wildman–Crippen MR) is 76.6 cm³/mol. The van der Waals surface area contributed by atoms with Crippen molar-refractivity contribution in [3.63, 3.8) is 0 Å². The average Bonchev–Trinajstić information content (AvgIpc) is 2.46. The zero-order chi connectivity index (χ0) is 13.9. The first-order valence-electron chi connectivity index (χ1n) is 7.02. The van der Waals surface area contributed by atoms with Gasteiger partial charge in [0, 0.05) is 18.7 Å². The largest absolute Gasteiger partial charge is 0.379 e. The lowest BCUT2D eigenvalue weighted by molar-refractivity contribution is -0.0106. The molecule has 19 heavy (non-hydrogen) atoms. The molecule has 1 aliphatic heterocycles. The van der Waals surface area contributed by atoms with Gasteiger partial charge in [-0.15, -0.1) is 0 Å². The van der Waals surface area contributed by atoms with Crippen molar-refractivity contribution >= 4 is 5.78 Å². The molecule has 0 aromatic heterocycles. The first-order valence-corrected chi connectivity index (χ1v) is 7.02. The molecule has 0 N–H and O–H groups in total. The van der Waals surface area contributed by atoms with Gasteiger partial charge in [-0.1, -0.05) is 30.7 Å². The summed E-state index contributed by atoms with van der Waals surface area (Å²) in [6, 6.07) is 7.88. The highest BCUT2D eigenvalue weighted by atomic mass is 16.5. The fourth-order valence-corrected chi connectivity index (χ4v) is 2.68. The molecular weight excluding hydrogens is 238 g/mol. The molecule has 3 nitrogen and oxygen atoms in total. The van der Waals surface area contributed by atoms with Crippen LogP contribution in [0.1, 0.15) is 36.2 Å². The van der Waals surface area contributed by atoms with Crippen molar-refractivity contribution in [3.05, 3.63) is 35.4 Å². The van der Waals surface area contributed by atoms with Crippen molar-refractivity contribution in [1.29, 1.82) is 0 Å². The lowest BCUT2D eigenvalue weighted by atomic mass is 9.86. The van der Waals surface area contributed by atoms with Gasteiger partial charge in [0.2, 0.25) is 0 Å². The number of ketones is 1. The quantitative estimate of drug-likeness (QED) is 0.780. The van der Waals surface area contributed by atoms with Gasteiger partial charge < -0.3 is 4.74 Å². The van der Waals surface area contributed by atoms with E-state index < -0.39 is 5.54 Å². The zero-order valence-corrected chi connectivity index (χ0v) is 12.1. The number of nitrogens with zero attached hydrogens (tertiary/aromatic N) is 1. The van der Waals surface area contributed by atoms with Crippen molar-refractivity contribution < 1.29 is 9.53 Å². The summed E-state index contributed by atoms with van der Waals surface area (Å²) in [7, 11) is 0. The Hall–Kier alpha value is -1.19. The third kappa shape index (κ3) is 2.88. The summed E-state index contributed by atoms with van der Waals surface area (Å²) >= 11 is 0. The Balaban J connectivity index is 2.26. The van der Waals surface area contributed by atoms with E-state index in [1.165, 1.54) is 0 Å². The van der Waals surface area contributed by atoms with Gasteiger partial charge >= 0.3 is 0 Å². The fourth-order valence-electron chi connectivity index (χ4n) is 2.68. The second kappa shape index (κ2) is 5.85. The Kier molecular flexibility index (Phi) is 4.38. The van der Waals surface area contributed by atoms with Gasteiger partial charge in [-0.2, -0.15) is 0 Å². The lowest BCUT2D eigenvalue weighted by Gasteiger charge is -2.41.